The molecule has 29 heavy (non-hydrogen) atoms. The number of hydrazine groups is 1. The summed E-state index contributed by atoms with van der Waals surface area (Å²) in [5.41, 5.74) is 9.83. The van der Waals surface area contributed by atoms with Gasteiger partial charge in [0.1, 0.15) is 6.10 Å². The maximum absolute atomic E-state index is 12.6. The first-order valence-corrected chi connectivity index (χ1v) is 9.67. The molecule has 4 rings (SSSR count). The molecule has 0 spiro atoms. The number of carbonyl (C=O) groups excluding carboxylic acids is 1. The van der Waals surface area contributed by atoms with Gasteiger partial charge in [0.2, 0.25) is 0 Å². The highest BCUT2D eigenvalue weighted by atomic mass is 35.5. The van der Waals surface area contributed by atoms with Gasteiger partial charge in [-0.2, -0.15) is 0 Å². The quantitative estimate of drug-likeness (QED) is 0.253. The fourth-order valence-electron chi connectivity index (χ4n) is 3.23. The van der Waals surface area contributed by atoms with E-state index in [0.29, 0.717) is 10.6 Å². The molecular formula is C23H20ClN3O2. The van der Waals surface area contributed by atoms with Crippen LogP contribution in [0.5, 0.6) is 0 Å². The first-order valence-electron chi connectivity index (χ1n) is 9.29. The Labute approximate surface area is 173 Å². The van der Waals surface area contributed by atoms with Crippen molar-refractivity contribution in [1.82, 2.24) is 10.6 Å². The number of nitrogens with one attached hydrogen (secondary N) is 2. The maximum atomic E-state index is 12.6. The van der Waals surface area contributed by atoms with Gasteiger partial charge >= 0.3 is 0 Å². The summed E-state index contributed by atoms with van der Waals surface area (Å²) < 4.78 is 0. The second-order valence-electron chi connectivity index (χ2n) is 6.84. The summed E-state index contributed by atoms with van der Waals surface area (Å²) in [6.45, 7) is 3.56. The van der Waals surface area contributed by atoms with E-state index in [0.717, 1.165) is 33.1 Å². The molecule has 1 heterocycles. The number of aryl methyl sites for hydroxylation is 1. The van der Waals surface area contributed by atoms with Crippen LogP contribution in [0.2, 0.25) is 5.02 Å². The molecule has 0 aliphatic rings. The van der Waals surface area contributed by atoms with Crippen molar-refractivity contribution in [3.05, 3.63) is 82.9 Å². The molecule has 1 aromatic heterocycles. The van der Waals surface area contributed by atoms with Gasteiger partial charge in [0.05, 0.1) is 16.7 Å². The average molecular weight is 406 g/mol. The number of ketones is 1. The van der Waals surface area contributed by atoms with Gasteiger partial charge < -0.3 is 0 Å². The van der Waals surface area contributed by atoms with Gasteiger partial charge in [0.25, 0.3) is 0 Å². The van der Waals surface area contributed by atoms with Crippen LogP contribution in [0, 0.1) is 6.92 Å². The summed E-state index contributed by atoms with van der Waals surface area (Å²) in [7, 11) is 0. The minimum absolute atomic E-state index is 0.136. The van der Waals surface area contributed by atoms with Crippen LogP contribution in [0.15, 0.2) is 66.7 Å². The number of para-hydroxylation sites is 2. The number of halogens is 1. The average Bonchev–Trinajstić information content (AvgIpc) is 2.74. The lowest BCUT2D eigenvalue weighted by Crippen LogP contribution is -2.32. The second-order valence-corrected chi connectivity index (χ2v) is 7.24. The lowest BCUT2D eigenvalue weighted by atomic mass is 10.1. The Morgan fingerprint density at radius 2 is 1.62 bits per heavy atom. The molecule has 1 atom stereocenters. The molecule has 0 saturated heterocycles. The normalized spacial score (nSPS) is 12.2. The van der Waals surface area contributed by atoms with Crippen LogP contribution < -0.4 is 11.0 Å². The monoisotopic (exact) mass is 405 g/mol. The molecule has 3 aromatic carbocycles. The highest BCUT2D eigenvalue weighted by Crippen LogP contribution is 2.30. The largest absolute Gasteiger partial charge is 0.297 e. The van der Waals surface area contributed by atoms with E-state index in [4.69, 9.17) is 21.4 Å². The topological polar surface area (TPSA) is 63.2 Å². The SMILES string of the molecule is Cc1cc(C(=O)C(C)ONNc2c3ccccc3nc3ccccc23)ccc1Cl. The van der Waals surface area contributed by atoms with Crippen LogP contribution >= 0.6 is 11.6 Å². The van der Waals surface area contributed by atoms with E-state index < -0.39 is 6.10 Å². The summed E-state index contributed by atoms with van der Waals surface area (Å²) in [5, 5.41) is 2.54. The van der Waals surface area contributed by atoms with Gasteiger partial charge in [0, 0.05) is 21.4 Å². The number of benzene rings is 3. The molecule has 0 aliphatic carbocycles. The van der Waals surface area contributed by atoms with Crippen molar-refractivity contribution in [3.63, 3.8) is 0 Å². The summed E-state index contributed by atoms with van der Waals surface area (Å²) >= 11 is 6.04. The zero-order chi connectivity index (χ0) is 20.4. The molecule has 146 valence electrons. The number of aromatic nitrogens is 1. The predicted octanol–water partition coefficient (Wildman–Crippen LogP) is 5.47. The lowest BCUT2D eigenvalue weighted by Gasteiger charge is -2.17. The molecule has 0 aliphatic heterocycles. The van der Waals surface area contributed by atoms with Crippen molar-refractivity contribution in [1.29, 1.82) is 0 Å². The lowest BCUT2D eigenvalue weighted by molar-refractivity contribution is 0.00520. The van der Waals surface area contributed by atoms with Gasteiger partial charge in [-0.05, 0) is 49.7 Å². The van der Waals surface area contributed by atoms with Crippen LogP contribution in [0.3, 0.4) is 0 Å². The molecule has 0 fully saturated rings. The number of Topliss-reactive ketones (excluding diaryl/α,β-unsaturated/α-hetero) is 1. The predicted molar refractivity (Wildman–Crippen MR) is 117 cm³/mol. The zero-order valence-corrected chi connectivity index (χ0v) is 16.8. The molecule has 0 saturated carbocycles. The third-order valence-corrected chi connectivity index (χ3v) is 5.24. The Balaban J connectivity index is 1.53. The first-order chi connectivity index (χ1) is 14.0. The smallest absolute Gasteiger partial charge is 0.193 e. The summed E-state index contributed by atoms with van der Waals surface area (Å²) in [5.74, 6) is -0.136. The number of hydrogen-bond acceptors (Lipinski definition) is 5. The van der Waals surface area contributed by atoms with Crippen molar-refractivity contribution in [3.8, 4) is 0 Å². The van der Waals surface area contributed by atoms with Gasteiger partial charge in [-0.25, -0.2) is 4.98 Å². The number of hydrogen-bond donors (Lipinski definition) is 2. The van der Waals surface area contributed by atoms with Crippen molar-refractivity contribution >= 4 is 44.9 Å². The van der Waals surface area contributed by atoms with Crippen LogP contribution in [0.4, 0.5) is 5.69 Å². The van der Waals surface area contributed by atoms with Crippen molar-refractivity contribution in [2.24, 2.45) is 0 Å². The van der Waals surface area contributed by atoms with E-state index in [9.17, 15) is 4.79 Å². The number of nitrogens with zero attached hydrogens (tertiary/aromatic N) is 1. The van der Waals surface area contributed by atoms with E-state index in [1.807, 2.05) is 55.5 Å². The number of rotatable bonds is 6. The molecule has 5 nitrogen and oxygen atoms in total. The summed E-state index contributed by atoms with van der Waals surface area (Å²) in [6, 6.07) is 20.9. The Kier molecular flexibility index (Phi) is 5.45. The van der Waals surface area contributed by atoms with Crippen LogP contribution in [-0.2, 0) is 4.84 Å². The van der Waals surface area contributed by atoms with Crippen molar-refractivity contribution in [2.45, 2.75) is 20.0 Å². The molecule has 0 bridgehead atoms. The van der Waals surface area contributed by atoms with Crippen molar-refractivity contribution < 1.29 is 9.63 Å². The number of pyridine rings is 1. The fraction of sp³-hybridized carbons (Fsp3) is 0.130. The van der Waals surface area contributed by atoms with E-state index in [1.54, 1.807) is 25.1 Å². The standard InChI is InChI=1S/C23H20ClN3O2/c1-14-13-16(11-12-19(14)24)23(28)15(2)29-27-26-22-17-7-3-5-9-20(17)25-21-10-6-4-8-18(21)22/h3-13,15,27H,1-2H3,(H,25,26). The number of carbonyl (C=O) groups is 1. The van der Waals surface area contributed by atoms with E-state index in [2.05, 4.69) is 11.0 Å². The summed E-state index contributed by atoms with van der Waals surface area (Å²) in [4.78, 5) is 22.9. The van der Waals surface area contributed by atoms with Crippen LogP contribution in [0.1, 0.15) is 22.8 Å². The van der Waals surface area contributed by atoms with Gasteiger partial charge in [0.15, 0.2) is 5.78 Å². The van der Waals surface area contributed by atoms with Crippen molar-refractivity contribution in [2.75, 3.05) is 5.43 Å². The number of fused-ring (bicyclic) bond motifs is 2. The van der Waals surface area contributed by atoms with Gasteiger partial charge in [-0.15, -0.1) is 5.59 Å². The van der Waals surface area contributed by atoms with E-state index >= 15 is 0 Å². The first kappa shape index (κ1) is 19.3. The Hall–Kier alpha value is -2.99. The molecule has 0 radical (unpaired) electrons. The minimum atomic E-state index is -0.692. The highest BCUT2D eigenvalue weighted by Gasteiger charge is 2.17. The molecular weight excluding hydrogens is 386 g/mol. The molecule has 0 amide bonds. The Morgan fingerprint density at radius 3 is 2.24 bits per heavy atom. The van der Waals surface area contributed by atoms with Gasteiger partial charge in [-0.1, -0.05) is 48.0 Å². The van der Waals surface area contributed by atoms with E-state index in [1.165, 1.54) is 0 Å². The van der Waals surface area contributed by atoms with Crippen LogP contribution in [0.25, 0.3) is 21.8 Å². The Bertz CT molecular complexity index is 1160. The molecule has 4 aromatic rings. The molecule has 1 unspecified atom stereocenters. The summed E-state index contributed by atoms with van der Waals surface area (Å²) in [6.07, 6.45) is -0.692. The van der Waals surface area contributed by atoms with E-state index in [-0.39, 0.29) is 5.78 Å². The molecule has 6 heteroatoms. The highest BCUT2D eigenvalue weighted by molar-refractivity contribution is 6.31. The third-order valence-electron chi connectivity index (χ3n) is 4.81. The van der Waals surface area contributed by atoms with Crippen LogP contribution in [-0.4, -0.2) is 16.9 Å². The number of anilines is 1. The second kappa shape index (κ2) is 8.17. The fourth-order valence-corrected chi connectivity index (χ4v) is 3.35. The minimum Gasteiger partial charge on any atom is -0.297 e. The zero-order valence-electron chi connectivity index (χ0n) is 16.1. The maximum Gasteiger partial charge on any atom is 0.193 e. The third kappa shape index (κ3) is 3.93. The van der Waals surface area contributed by atoms with Gasteiger partial charge in [-0.3, -0.25) is 15.1 Å². The Morgan fingerprint density at radius 1 is 1.00 bits per heavy atom. The molecule has 2 N–H and O–H groups in total.